The van der Waals surface area contributed by atoms with Gasteiger partial charge in [-0.3, -0.25) is 9.59 Å². The Morgan fingerprint density at radius 2 is 2.05 bits per heavy atom. The number of nitrogens with two attached hydrogens (primary N) is 1. The molecule has 1 unspecified atom stereocenters. The van der Waals surface area contributed by atoms with Crippen molar-refractivity contribution in [1.82, 2.24) is 4.90 Å². The fourth-order valence-corrected chi connectivity index (χ4v) is 3.82. The number of carbonyl (C=O) groups excluding carboxylic acids is 1. The van der Waals surface area contributed by atoms with E-state index in [2.05, 4.69) is 0 Å². The Bertz CT molecular complexity index is 534. The van der Waals surface area contributed by atoms with Gasteiger partial charge in [0.15, 0.2) is 0 Å². The van der Waals surface area contributed by atoms with Crippen molar-refractivity contribution < 1.29 is 33.0 Å². The van der Waals surface area contributed by atoms with Crippen molar-refractivity contribution in [2.75, 3.05) is 23.8 Å². The number of thioether (sulfide) groups is 1. The summed E-state index contributed by atoms with van der Waals surface area (Å²) in [5.74, 6) is -4.07. The molecule has 0 aromatic carbocycles. The molecule has 2 atom stereocenters. The van der Waals surface area contributed by atoms with E-state index in [-0.39, 0.29) is 30.2 Å². The zero-order valence-electron chi connectivity index (χ0n) is 11.0. The lowest BCUT2D eigenvalue weighted by atomic mass is 10.1. The average Bonchev–Trinajstić information content (AvgIpc) is 2.62. The molecule has 1 heterocycles. The lowest BCUT2D eigenvalue weighted by molar-refractivity contribution is -0.147. The maximum atomic E-state index is 11.8. The predicted octanol–water partition coefficient (Wildman–Crippen LogP) is -1.61. The molecule has 0 aromatic rings. The van der Waals surface area contributed by atoms with Crippen LogP contribution in [0.25, 0.3) is 0 Å². The normalized spacial score (nSPS) is 20.5. The predicted molar refractivity (Wildman–Crippen MR) is 74.2 cm³/mol. The first kappa shape index (κ1) is 17.7. The van der Waals surface area contributed by atoms with E-state index in [1.54, 1.807) is 0 Å². The van der Waals surface area contributed by atoms with Gasteiger partial charge in [0, 0.05) is 24.6 Å². The highest BCUT2D eigenvalue weighted by atomic mass is 32.2. The van der Waals surface area contributed by atoms with Crippen LogP contribution in [-0.4, -0.2) is 71.2 Å². The van der Waals surface area contributed by atoms with Gasteiger partial charge in [-0.2, -0.15) is 0 Å². The molecule has 0 aromatic heterocycles. The Morgan fingerprint density at radius 3 is 2.52 bits per heavy atom. The van der Waals surface area contributed by atoms with Crippen LogP contribution in [0.1, 0.15) is 6.42 Å². The molecular formula is C10H16N2O7S2. The van der Waals surface area contributed by atoms with Crippen LogP contribution in [0.2, 0.25) is 0 Å². The van der Waals surface area contributed by atoms with Crippen LogP contribution in [0.15, 0.2) is 0 Å². The van der Waals surface area contributed by atoms with E-state index in [0.717, 1.165) is 16.7 Å². The van der Waals surface area contributed by atoms with Gasteiger partial charge >= 0.3 is 11.9 Å². The number of carboxylic acid groups (broad SMARTS) is 2. The molecule has 1 saturated heterocycles. The number of amides is 1. The van der Waals surface area contributed by atoms with Crippen molar-refractivity contribution in [1.29, 1.82) is 0 Å². The molecule has 4 N–H and O–H groups in total. The summed E-state index contributed by atoms with van der Waals surface area (Å²) in [6, 6.07) is -1.17. The summed E-state index contributed by atoms with van der Waals surface area (Å²) in [5, 5.41) is 22.6. The number of aliphatic carboxylic acids is 2. The van der Waals surface area contributed by atoms with E-state index in [1.807, 2.05) is 0 Å². The second kappa shape index (κ2) is 7.09. The molecule has 0 bridgehead atoms. The minimum Gasteiger partial charge on any atom is -0.481 e. The molecule has 9 nitrogen and oxygen atoms in total. The Balaban J connectivity index is 2.68. The molecule has 0 saturated carbocycles. The highest BCUT2D eigenvalue weighted by Crippen LogP contribution is 2.23. The van der Waals surface area contributed by atoms with E-state index in [4.69, 9.17) is 15.4 Å². The van der Waals surface area contributed by atoms with Crippen molar-refractivity contribution in [3.63, 3.8) is 0 Å². The van der Waals surface area contributed by atoms with Crippen molar-refractivity contribution in [3.8, 4) is 0 Å². The second-order valence-corrected chi connectivity index (χ2v) is 7.40. The number of hydrogen-bond donors (Lipinski definition) is 3. The Kier molecular flexibility index (Phi) is 5.98. The first-order valence-corrected chi connectivity index (χ1v) is 8.79. The van der Waals surface area contributed by atoms with E-state index in [1.165, 1.54) is 0 Å². The summed E-state index contributed by atoms with van der Waals surface area (Å²) in [5.41, 5.74) is 0. The van der Waals surface area contributed by atoms with Crippen molar-refractivity contribution in [2.24, 2.45) is 11.1 Å². The number of hydrogen-bond acceptors (Lipinski definition) is 6. The number of carboxylic acids is 2. The lowest BCUT2D eigenvalue weighted by Gasteiger charge is -2.24. The van der Waals surface area contributed by atoms with Gasteiger partial charge in [-0.05, 0) is 0 Å². The van der Waals surface area contributed by atoms with Gasteiger partial charge in [0.05, 0.1) is 11.5 Å². The summed E-state index contributed by atoms with van der Waals surface area (Å²) in [6.45, 7) is -0.0140. The van der Waals surface area contributed by atoms with Crippen molar-refractivity contribution in [3.05, 3.63) is 0 Å². The molecule has 120 valence electrons. The quantitative estimate of drug-likeness (QED) is 0.477. The van der Waals surface area contributed by atoms with Gasteiger partial charge in [-0.25, -0.2) is 18.4 Å². The van der Waals surface area contributed by atoms with Gasteiger partial charge in [-0.15, -0.1) is 11.8 Å². The van der Waals surface area contributed by atoms with Crippen molar-refractivity contribution >= 4 is 39.6 Å². The first-order chi connectivity index (χ1) is 9.60. The number of likely N-dealkylation sites (tertiary alicyclic amines) is 1. The van der Waals surface area contributed by atoms with Crippen molar-refractivity contribution in [2.45, 2.75) is 12.5 Å². The number of nitrogens with zero attached hydrogens (tertiary/aromatic N) is 1. The molecule has 1 amide bonds. The van der Waals surface area contributed by atoms with E-state index in [9.17, 15) is 22.8 Å². The van der Waals surface area contributed by atoms with E-state index >= 15 is 0 Å². The van der Waals surface area contributed by atoms with E-state index < -0.39 is 39.8 Å². The van der Waals surface area contributed by atoms with Crippen LogP contribution in [0.5, 0.6) is 0 Å². The second-order valence-electron chi connectivity index (χ2n) is 4.71. The highest BCUT2D eigenvalue weighted by molar-refractivity contribution is 8.00. The fraction of sp³-hybridized carbons (Fsp3) is 0.700. The van der Waals surface area contributed by atoms with Crippen LogP contribution < -0.4 is 5.14 Å². The molecule has 0 radical (unpaired) electrons. The molecule has 0 spiro atoms. The molecule has 1 rings (SSSR count). The van der Waals surface area contributed by atoms with Crippen LogP contribution in [0, 0.1) is 5.92 Å². The molecular weight excluding hydrogens is 324 g/mol. The third-order valence-electron chi connectivity index (χ3n) is 2.87. The highest BCUT2D eigenvalue weighted by Gasteiger charge is 2.38. The number of rotatable bonds is 8. The summed E-state index contributed by atoms with van der Waals surface area (Å²) >= 11 is 0.884. The largest absolute Gasteiger partial charge is 0.481 e. The Morgan fingerprint density at radius 1 is 1.43 bits per heavy atom. The summed E-state index contributed by atoms with van der Waals surface area (Å²) in [7, 11) is -3.74. The zero-order valence-corrected chi connectivity index (χ0v) is 12.6. The number of carbonyl (C=O) groups is 3. The van der Waals surface area contributed by atoms with Crippen LogP contribution in [0.4, 0.5) is 0 Å². The molecule has 11 heteroatoms. The third-order valence-corrected chi connectivity index (χ3v) is 4.81. The van der Waals surface area contributed by atoms with Crippen LogP contribution >= 0.6 is 11.8 Å². The van der Waals surface area contributed by atoms with Gasteiger partial charge in [0.25, 0.3) is 0 Å². The van der Waals surface area contributed by atoms with Gasteiger partial charge in [-0.1, -0.05) is 0 Å². The Labute approximate surface area is 125 Å². The van der Waals surface area contributed by atoms with E-state index in [0.29, 0.717) is 0 Å². The minimum absolute atomic E-state index is 0.0140. The molecule has 1 fully saturated rings. The molecule has 1 aliphatic rings. The van der Waals surface area contributed by atoms with Gasteiger partial charge in [0.2, 0.25) is 15.9 Å². The fourth-order valence-electron chi connectivity index (χ4n) is 2.10. The molecule has 21 heavy (non-hydrogen) atoms. The standard InChI is InChI=1S/C10H16N2O7S2/c11-21(18,19)5-6-1-8(13)12(2-6)7(10(16)17)3-20-4-9(14)15/h6-7H,1-5H2,(H,14,15)(H,16,17)(H2,11,18,19)/t6?,7-/m0/s1. The van der Waals surface area contributed by atoms with Gasteiger partial charge in [0.1, 0.15) is 6.04 Å². The lowest BCUT2D eigenvalue weighted by Crippen LogP contribution is -2.44. The monoisotopic (exact) mass is 340 g/mol. The zero-order chi connectivity index (χ0) is 16.2. The number of primary sulfonamides is 1. The third kappa shape index (κ3) is 5.89. The first-order valence-electron chi connectivity index (χ1n) is 5.92. The smallest absolute Gasteiger partial charge is 0.327 e. The molecule has 0 aliphatic carbocycles. The van der Waals surface area contributed by atoms with Crippen LogP contribution in [0.3, 0.4) is 0 Å². The maximum Gasteiger partial charge on any atom is 0.327 e. The van der Waals surface area contributed by atoms with Gasteiger partial charge < -0.3 is 15.1 Å². The number of sulfonamides is 1. The summed E-state index contributed by atoms with van der Waals surface area (Å²) in [4.78, 5) is 34.5. The molecule has 1 aliphatic heterocycles. The topological polar surface area (TPSA) is 155 Å². The SMILES string of the molecule is NS(=O)(=O)CC1CC(=O)N([C@@H](CSCC(=O)O)C(=O)O)C1. The van der Waals surface area contributed by atoms with Crippen LogP contribution in [-0.2, 0) is 24.4 Å². The minimum atomic E-state index is -3.74. The average molecular weight is 340 g/mol. The summed E-state index contributed by atoms with van der Waals surface area (Å²) in [6.07, 6.45) is -0.0796. The maximum absolute atomic E-state index is 11.8. The summed E-state index contributed by atoms with van der Waals surface area (Å²) < 4.78 is 22.0. The Hall–Kier alpha value is -1.33.